The number of pyridine rings is 1. The molecule has 29 heavy (non-hydrogen) atoms. The lowest BCUT2D eigenvalue weighted by Crippen LogP contribution is -2.39. The molecule has 1 unspecified atom stereocenters. The zero-order valence-corrected chi connectivity index (χ0v) is 17.6. The highest BCUT2D eigenvalue weighted by molar-refractivity contribution is 6.05. The number of hydrogen-bond donors (Lipinski definition) is 1. The van der Waals surface area contributed by atoms with E-state index in [1.54, 1.807) is 23.3 Å². The fraction of sp³-hybridized carbons (Fsp3) is 0.545. The average molecular weight is 396 g/mol. The van der Waals surface area contributed by atoms with E-state index < -0.39 is 5.41 Å². The number of anilines is 1. The molecule has 2 aliphatic rings. The SMILES string of the molecule is CC(C)CC1(C)C(=O)Nc2nccc(C3CCN(C(=O)c4cn(C)cn4)CC3)c21. The van der Waals surface area contributed by atoms with E-state index in [1.165, 1.54) is 5.56 Å². The van der Waals surface area contributed by atoms with Crippen molar-refractivity contribution >= 4 is 17.6 Å². The first-order chi connectivity index (χ1) is 13.8. The Labute approximate surface area is 171 Å². The molecule has 7 heteroatoms. The normalized spacial score (nSPS) is 22.1. The van der Waals surface area contributed by atoms with Crippen LogP contribution in [-0.4, -0.2) is 44.3 Å². The molecule has 4 heterocycles. The molecule has 7 nitrogen and oxygen atoms in total. The van der Waals surface area contributed by atoms with Crippen molar-refractivity contribution in [3.8, 4) is 0 Å². The van der Waals surface area contributed by atoms with Crippen molar-refractivity contribution in [1.82, 2.24) is 19.4 Å². The Bertz CT molecular complexity index is 942. The Morgan fingerprint density at radius 3 is 2.66 bits per heavy atom. The molecule has 1 fully saturated rings. The lowest BCUT2D eigenvalue weighted by molar-refractivity contribution is -0.120. The van der Waals surface area contributed by atoms with E-state index in [0.29, 0.717) is 36.4 Å². The molecule has 0 spiro atoms. The smallest absolute Gasteiger partial charge is 0.274 e. The van der Waals surface area contributed by atoms with Crippen LogP contribution in [0.4, 0.5) is 5.82 Å². The van der Waals surface area contributed by atoms with Gasteiger partial charge in [-0.2, -0.15) is 0 Å². The zero-order valence-electron chi connectivity index (χ0n) is 17.6. The second kappa shape index (κ2) is 7.28. The van der Waals surface area contributed by atoms with Crippen molar-refractivity contribution in [2.45, 2.75) is 51.4 Å². The lowest BCUT2D eigenvalue weighted by atomic mass is 9.73. The maximum Gasteiger partial charge on any atom is 0.274 e. The number of fused-ring (bicyclic) bond motifs is 1. The topological polar surface area (TPSA) is 80.1 Å². The number of hydrogen-bond acceptors (Lipinski definition) is 4. The number of amides is 2. The maximum absolute atomic E-state index is 12.8. The summed E-state index contributed by atoms with van der Waals surface area (Å²) < 4.78 is 1.79. The number of aromatic nitrogens is 3. The summed E-state index contributed by atoms with van der Waals surface area (Å²) in [5, 5.41) is 3.00. The second-order valence-electron chi connectivity index (χ2n) is 9.00. The summed E-state index contributed by atoms with van der Waals surface area (Å²) >= 11 is 0. The van der Waals surface area contributed by atoms with Crippen LogP contribution in [0.1, 0.15) is 67.6 Å². The van der Waals surface area contributed by atoms with Crippen LogP contribution in [0.5, 0.6) is 0 Å². The highest BCUT2D eigenvalue weighted by atomic mass is 16.2. The minimum atomic E-state index is -0.548. The molecular formula is C22H29N5O2. The van der Waals surface area contributed by atoms with Crippen LogP contribution in [0.15, 0.2) is 24.8 Å². The fourth-order valence-corrected chi connectivity index (χ4v) is 4.94. The van der Waals surface area contributed by atoms with Gasteiger partial charge in [-0.05, 0) is 49.7 Å². The number of rotatable bonds is 4. The fourth-order valence-electron chi connectivity index (χ4n) is 4.94. The number of likely N-dealkylation sites (tertiary alicyclic amines) is 1. The van der Waals surface area contributed by atoms with Crippen LogP contribution < -0.4 is 5.32 Å². The van der Waals surface area contributed by atoms with Gasteiger partial charge in [0.05, 0.1) is 11.7 Å². The average Bonchev–Trinajstić information content (AvgIpc) is 3.22. The predicted molar refractivity (Wildman–Crippen MR) is 111 cm³/mol. The van der Waals surface area contributed by atoms with Gasteiger partial charge < -0.3 is 14.8 Å². The van der Waals surface area contributed by atoms with Gasteiger partial charge >= 0.3 is 0 Å². The third-order valence-corrected chi connectivity index (χ3v) is 6.23. The summed E-state index contributed by atoms with van der Waals surface area (Å²) in [5.74, 6) is 1.47. The first-order valence-electron chi connectivity index (χ1n) is 10.4. The molecule has 154 valence electrons. The number of carbonyl (C=O) groups excluding carboxylic acids is 2. The van der Waals surface area contributed by atoms with Crippen molar-refractivity contribution in [3.63, 3.8) is 0 Å². The first kappa shape index (κ1) is 19.6. The largest absolute Gasteiger partial charge is 0.340 e. The number of nitrogens with zero attached hydrogens (tertiary/aromatic N) is 4. The van der Waals surface area contributed by atoms with E-state index in [-0.39, 0.29) is 11.8 Å². The van der Waals surface area contributed by atoms with Crippen LogP contribution in [0, 0.1) is 5.92 Å². The molecule has 0 aromatic carbocycles. The summed E-state index contributed by atoms with van der Waals surface area (Å²) in [6.45, 7) is 7.72. The molecule has 2 amide bonds. The predicted octanol–water partition coefficient (Wildman–Crippen LogP) is 3.09. The molecule has 1 saturated heterocycles. The molecule has 0 saturated carbocycles. The summed E-state index contributed by atoms with van der Waals surface area (Å²) in [5.41, 5.74) is 2.22. The molecule has 2 aliphatic heterocycles. The van der Waals surface area contributed by atoms with E-state index in [1.807, 2.05) is 18.9 Å². The Kier molecular flexibility index (Phi) is 4.92. The van der Waals surface area contributed by atoms with Gasteiger partial charge in [-0.1, -0.05) is 13.8 Å². The molecule has 1 N–H and O–H groups in total. The van der Waals surface area contributed by atoms with Crippen LogP contribution in [-0.2, 0) is 17.3 Å². The van der Waals surface area contributed by atoms with Gasteiger partial charge in [-0.25, -0.2) is 9.97 Å². The van der Waals surface area contributed by atoms with Crippen molar-refractivity contribution < 1.29 is 9.59 Å². The van der Waals surface area contributed by atoms with Crippen LogP contribution in [0.25, 0.3) is 0 Å². The molecular weight excluding hydrogens is 366 g/mol. The van der Waals surface area contributed by atoms with Gasteiger partial charge in [0.2, 0.25) is 5.91 Å². The third-order valence-electron chi connectivity index (χ3n) is 6.23. The highest BCUT2D eigenvalue weighted by Crippen LogP contribution is 2.46. The quantitative estimate of drug-likeness (QED) is 0.863. The Hall–Kier alpha value is -2.70. The minimum absolute atomic E-state index is 0.00880. The van der Waals surface area contributed by atoms with E-state index in [2.05, 4.69) is 35.2 Å². The number of imidazole rings is 1. The zero-order chi connectivity index (χ0) is 20.8. The monoisotopic (exact) mass is 395 g/mol. The van der Waals surface area contributed by atoms with Crippen LogP contribution >= 0.6 is 0 Å². The third kappa shape index (κ3) is 3.43. The number of piperidine rings is 1. The van der Waals surface area contributed by atoms with Gasteiger partial charge in [-0.15, -0.1) is 0 Å². The molecule has 1 atom stereocenters. The van der Waals surface area contributed by atoms with E-state index >= 15 is 0 Å². The lowest BCUT2D eigenvalue weighted by Gasteiger charge is -2.34. The Morgan fingerprint density at radius 2 is 2.03 bits per heavy atom. The summed E-state index contributed by atoms with van der Waals surface area (Å²) in [6, 6.07) is 2.07. The van der Waals surface area contributed by atoms with Crippen LogP contribution in [0.2, 0.25) is 0 Å². The van der Waals surface area contributed by atoms with E-state index in [9.17, 15) is 9.59 Å². The molecule has 0 radical (unpaired) electrons. The van der Waals surface area contributed by atoms with Gasteiger partial charge in [0, 0.05) is 38.1 Å². The van der Waals surface area contributed by atoms with Crippen molar-refractivity contribution in [2.24, 2.45) is 13.0 Å². The molecule has 4 rings (SSSR count). The van der Waals surface area contributed by atoms with E-state index in [4.69, 9.17) is 0 Å². The molecule has 0 aliphatic carbocycles. The second-order valence-corrected chi connectivity index (χ2v) is 9.00. The number of nitrogens with one attached hydrogen (secondary N) is 1. The first-order valence-corrected chi connectivity index (χ1v) is 10.4. The molecule has 0 bridgehead atoms. The number of aryl methyl sites for hydroxylation is 1. The summed E-state index contributed by atoms with van der Waals surface area (Å²) in [6.07, 6.45) is 7.75. The van der Waals surface area contributed by atoms with Crippen molar-refractivity contribution in [1.29, 1.82) is 0 Å². The van der Waals surface area contributed by atoms with Crippen LogP contribution in [0.3, 0.4) is 0 Å². The maximum atomic E-state index is 12.8. The molecule has 2 aromatic heterocycles. The van der Waals surface area contributed by atoms with Crippen molar-refractivity contribution in [2.75, 3.05) is 18.4 Å². The van der Waals surface area contributed by atoms with Gasteiger partial charge in [0.15, 0.2) is 0 Å². The highest BCUT2D eigenvalue weighted by Gasteiger charge is 2.46. The van der Waals surface area contributed by atoms with Gasteiger partial charge in [-0.3, -0.25) is 9.59 Å². The number of carbonyl (C=O) groups is 2. The van der Waals surface area contributed by atoms with Gasteiger partial charge in [0.1, 0.15) is 11.5 Å². The Balaban J connectivity index is 1.55. The summed E-state index contributed by atoms with van der Waals surface area (Å²) in [7, 11) is 1.86. The minimum Gasteiger partial charge on any atom is -0.340 e. The Morgan fingerprint density at radius 1 is 1.31 bits per heavy atom. The van der Waals surface area contributed by atoms with Gasteiger partial charge in [0.25, 0.3) is 5.91 Å². The standard InChI is InChI=1S/C22H29N5O2/c1-14(2)11-22(3)18-16(5-8-23-19(18)25-21(22)29)15-6-9-27(10-7-15)20(28)17-12-26(4)13-24-17/h5,8,12-15H,6-7,9-11H2,1-4H3,(H,23,25,29). The van der Waals surface area contributed by atoms with Crippen molar-refractivity contribution in [3.05, 3.63) is 41.6 Å². The summed E-state index contributed by atoms with van der Waals surface area (Å²) in [4.78, 5) is 36.0. The molecule has 2 aromatic rings. The van der Waals surface area contributed by atoms with E-state index in [0.717, 1.165) is 24.8 Å².